The number of phenols is 1. The van der Waals surface area contributed by atoms with Crippen LogP contribution in [0.3, 0.4) is 0 Å². The Morgan fingerprint density at radius 2 is 2.28 bits per heavy atom. The van der Waals surface area contributed by atoms with Crippen molar-refractivity contribution in [3.63, 3.8) is 0 Å². The number of ether oxygens (including phenoxy) is 1. The molecule has 94 valence electrons. The van der Waals surface area contributed by atoms with Gasteiger partial charge < -0.3 is 15.2 Å². The lowest BCUT2D eigenvalue weighted by atomic mass is 10.0. The van der Waals surface area contributed by atoms with E-state index in [1.807, 2.05) is 12.1 Å². The summed E-state index contributed by atoms with van der Waals surface area (Å²) in [6.07, 6.45) is 2.85. The molecule has 1 atom stereocenters. The Balaban J connectivity index is 2.06. The van der Waals surface area contributed by atoms with E-state index >= 15 is 0 Å². The first-order valence-electron chi connectivity index (χ1n) is 6.24. The van der Waals surface area contributed by atoms with Crippen LogP contribution in [0.4, 0.5) is 0 Å². The number of aromatic hydroxyl groups is 1. The summed E-state index contributed by atoms with van der Waals surface area (Å²) >= 11 is 0. The lowest BCUT2D eigenvalue weighted by Crippen LogP contribution is -2.20. The van der Waals surface area contributed by atoms with Crippen molar-refractivity contribution in [2.45, 2.75) is 12.5 Å². The lowest BCUT2D eigenvalue weighted by molar-refractivity contribution is 0.0678. The summed E-state index contributed by atoms with van der Waals surface area (Å²) in [6, 6.07) is 7.22. The smallest absolute Gasteiger partial charge is 0.116 e. The van der Waals surface area contributed by atoms with Crippen LogP contribution in [0.5, 0.6) is 5.75 Å². The Bertz CT molecular complexity index is 548. The van der Waals surface area contributed by atoms with Crippen molar-refractivity contribution in [1.29, 1.82) is 0 Å². The molecule has 0 spiro atoms. The summed E-state index contributed by atoms with van der Waals surface area (Å²) in [4.78, 5) is 4.31. The fourth-order valence-corrected chi connectivity index (χ4v) is 2.35. The first-order chi connectivity index (χ1) is 8.84. The third-order valence-corrected chi connectivity index (χ3v) is 3.25. The van der Waals surface area contributed by atoms with Gasteiger partial charge in [0, 0.05) is 24.7 Å². The van der Waals surface area contributed by atoms with Crippen LogP contribution in [0.2, 0.25) is 0 Å². The summed E-state index contributed by atoms with van der Waals surface area (Å²) in [5.41, 5.74) is 1.98. The number of pyridine rings is 1. The Kier molecular flexibility index (Phi) is 3.13. The van der Waals surface area contributed by atoms with Crippen molar-refractivity contribution < 1.29 is 9.84 Å². The van der Waals surface area contributed by atoms with Crippen LogP contribution in [0.15, 0.2) is 30.5 Å². The van der Waals surface area contributed by atoms with Crippen LogP contribution in [0.25, 0.3) is 10.9 Å². The quantitative estimate of drug-likeness (QED) is 0.805. The van der Waals surface area contributed by atoms with Crippen molar-refractivity contribution in [3.05, 3.63) is 36.0 Å². The maximum absolute atomic E-state index is 9.62. The second kappa shape index (κ2) is 4.92. The van der Waals surface area contributed by atoms with Gasteiger partial charge in [0.2, 0.25) is 0 Å². The molecule has 2 aromatic rings. The number of hydrogen-bond donors (Lipinski definition) is 2. The van der Waals surface area contributed by atoms with Crippen LogP contribution in [0, 0.1) is 0 Å². The summed E-state index contributed by atoms with van der Waals surface area (Å²) < 4.78 is 5.87. The molecule has 1 aromatic carbocycles. The zero-order valence-electron chi connectivity index (χ0n) is 10.1. The molecule has 0 radical (unpaired) electrons. The first kappa shape index (κ1) is 11.4. The van der Waals surface area contributed by atoms with E-state index in [0.29, 0.717) is 0 Å². The number of rotatable bonds is 1. The van der Waals surface area contributed by atoms with Gasteiger partial charge in [0.1, 0.15) is 5.75 Å². The van der Waals surface area contributed by atoms with E-state index < -0.39 is 0 Å². The number of benzene rings is 1. The second-order valence-corrected chi connectivity index (χ2v) is 4.52. The normalized spacial score (nSPS) is 20.8. The maximum Gasteiger partial charge on any atom is 0.116 e. The number of hydrogen-bond acceptors (Lipinski definition) is 4. The average Bonchev–Trinajstić information content (AvgIpc) is 2.67. The molecule has 3 rings (SSSR count). The van der Waals surface area contributed by atoms with Gasteiger partial charge in [0.25, 0.3) is 0 Å². The molecule has 0 saturated carbocycles. The molecule has 4 heteroatoms. The molecule has 0 bridgehead atoms. The minimum absolute atomic E-state index is 0.0276. The van der Waals surface area contributed by atoms with Gasteiger partial charge in [-0.3, -0.25) is 4.98 Å². The Morgan fingerprint density at radius 3 is 3.22 bits per heavy atom. The highest BCUT2D eigenvalue weighted by atomic mass is 16.5. The van der Waals surface area contributed by atoms with Crippen molar-refractivity contribution in [2.75, 3.05) is 19.7 Å². The summed E-state index contributed by atoms with van der Waals surface area (Å²) in [7, 11) is 0. The zero-order chi connectivity index (χ0) is 12.4. The van der Waals surface area contributed by atoms with E-state index in [1.165, 1.54) is 0 Å². The number of aromatic nitrogens is 1. The van der Waals surface area contributed by atoms with Crippen LogP contribution >= 0.6 is 0 Å². The minimum atomic E-state index is 0.0276. The third kappa shape index (κ3) is 2.17. The number of nitrogens with one attached hydrogen (secondary N) is 1. The largest absolute Gasteiger partial charge is 0.508 e. The first-order valence-corrected chi connectivity index (χ1v) is 6.24. The molecule has 2 heterocycles. The van der Waals surface area contributed by atoms with Gasteiger partial charge in [-0.2, -0.15) is 0 Å². The maximum atomic E-state index is 9.62. The molecule has 4 nitrogen and oxygen atoms in total. The van der Waals surface area contributed by atoms with Gasteiger partial charge in [-0.25, -0.2) is 0 Å². The van der Waals surface area contributed by atoms with E-state index in [2.05, 4.69) is 10.3 Å². The van der Waals surface area contributed by atoms with Crippen LogP contribution in [0.1, 0.15) is 18.1 Å². The fraction of sp³-hybridized carbons (Fsp3) is 0.357. The molecular formula is C14H16N2O2. The third-order valence-electron chi connectivity index (χ3n) is 3.25. The predicted octanol–water partition coefficient (Wildman–Crippen LogP) is 1.99. The number of fused-ring (bicyclic) bond motifs is 1. The average molecular weight is 244 g/mol. The van der Waals surface area contributed by atoms with Crippen LogP contribution in [-0.4, -0.2) is 29.8 Å². The topological polar surface area (TPSA) is 54.4 Å². The van der Waals surface area contributed by atoms with Crippen LogP contribution < -0.4 is 5.32 Å². The van der Waals surface area contributed by atoms with Gasteiger partial charge in [0.15, 0.2) is 0 Å². The van der Waals surface area contributed by atoms with Gasteiger partial charge in [-0.15, -0.1) is 0 Å². The summed E-state index contributed by atoms with van der Waals surface area (Å²) in [5, 5.41) is 14.0. The van der Waals surface area contributed by atoms with Gasteiger partial charge in [-0.05, 0) is 42.8 Å². The predicted molar refractivity (Wildman–Crippen MR) is 69.6 cm³/mol. The number of nitrogens with zero attached hydrogens (tertiary/aromatic N) is 1. The van der Waals surface area contributed by atoms with Gasteiger partial charge >= 0.3 is 0 Å². The van der Waals surface area contributed by atoms with Gasteiger partial charge in [0.05, 0.1) is 11.6 Å². The fourth-order valence-electron chi connectivity index (χ4n) is 2.35. The molecule has 1 unspecified atom stereocenters. The molecule has 1 aliphatic rings. The summed E-state index contributed by atoms with van der Waals surface area (Å²) in [5.74, 6) is 0.262. The minimum Gasteiger partial charge on any atom is -0.508 e. The van der Waals surface area contributed by atoms with Gasteiger partial charge in [-0.1, -0.05) is 0 Å². The highest BCUT2D eigenvalue weighted by molar-refractivity contribution is 5.83. The highest BCUT2D eigenvalue weighted by Crippen LogP contribution is 2.28. The zero-order valence-corrected chi connectivity index (χ0v) is 10.1. The Hall–Kier alpha value is -1.65. The Labute approximate surface area is 106 Å². The van der Waals surface area contributed by atoms with Crippen molar-refractivity contribution in [3.8, 4) is 5.75 Å². The molecule has 0 amide bonds. The lowest BCUT2D eigenvalue weighted by Gasteiger charge is -2.17. The standard InChI is InChI=1S/C14H16N2O2/c17-10-2-3-13-12(8-10)11(4-6-16-13)14-9-15-5-1-7-18-14/h2-4,6,8,14-15,17H,1,5,7,9H2. The van der Waals surface area contributed by atoms with Crippen LogP contribution in [-0.2, 0) is 4.74 Å². The molecule has 1 saturated heterocycles. The van der Waals surface area contributed by atoms with Crippen molar-refractivity contribution in [1.82, 2.24) is 10.3 Å². The van der Waals surface area contributed by atoms with E-state index in [-0.39, 0.29) is 11.9 Å². The monoisotopic (exact) mass is 244 g/mol. The molecule has 2 N–H and O–H groups in total. The van der Waals surface area contributed by atoms with E-state index in [4.69, 9.17) is 4.74 Å². The SMILES string of the molecule is Oc1ccc2nccc(C3CNCCCO3)c2c1. The molecule has 0 aliphatic carbocycles. The van der Waals surface area contributed by atoms with E-state index in [9.17, 15) is 5.11 Å². The van der Waals surface area contributed by atoms with Crippen molar-refractivity contribution in [2.24, 2.45) is 0 Å². The molecular weight excluding hydrogens is 228 g/mol. The Morgan fingerprint density at radius 1 is 1.33 bits per heavy atom. The molecule has 1 aromatic heterocycles. The highest BCUT2D eigenvalue weighted by Gasteiger charge is 2.17. The van der Waals surface area contributed by atoms with E-state index in [0.717, 1.165) is 42.6 Å². The molecule has 1 aliphatic heterocycles. The molecule has 18 heavy (non-hydrogen) atoms. The second-order valence-electron chi connectivity index (χ2n) is 4.52. The van der Waals surface area contributed by atoms with Crippen molar-refractivity contribution >= 4 is 10.9 Å². The number of phenolic OH excluding ortho intramolecular Hbond substituents is 1. The molecule has 1 fully saturated rings. The summed E-state index contributed by atoms with van der Waals surface area (Å²) in [6.45, 7) is 2.56. The van der Waals surface area contributed by atoms with E-state index in [1.54, 1.807) is 18.3 Å².